The van der Waals surface area contributed by atoms with Gasteiger partial charge in [0.2, 0.25) is 0 Å². The zero-order valence-corrected chi connectivity index (χ0v) is 15.0. The molecule has 0 saturated heterocycles. The fraction of sp³-hybridized carbons (Fsp3) is 0.105. The molecule has 0 saturated carbocycles. The Hall–Kier alpha value is -3.12. The summed E-state index contributed by atoms with van der Waals surface area (Å²) in [6.45, 7) is 1.96. The molecule has 1 aromatic heterocycles. The lowest BCUT2D eigenvalue weighted by molar-refractivity contribution is 0.102. The summed E-state index contributed by atoms with van der Waals surface area (Å²) < 4.78 is 5.22. The van der Waals surface area contributed by atoms with E-state index in [1.54, 1.807) is 37.4 Å². The molecule has 6 nitrogen and oxygen atoms in total. The average Bonchev–Trinajstić information content (AvgIpc) is 2.65. The smallest absolute Gasteiger partial charge is 0.276 e. The number of benzene rings is 2. The van der Waals surface area contributed by atoms with Gasteiger partial charge in [0.1, 0.15) is 5.75 Å². The van der Waals surface area contributed by atoms with Crippen molar-refractivity contribution in [1.82, 2.24) is 10.2 Å². The minimum Gasteiger partial charge on any atom is -0.495 e. The molecule has 0 aliphatic carbocycles. The first-order chi connectivity index (χ1) is 12.6. The Morgan fingerprint density at radius 3 is 2.58 bits per heavy atom. The Balaban J connectivity index is 1.73. The lowest BCUT2D eigenvalue weighted by atomic mass is 10.2. The molecule has 3 rings (SSSR count). The van der Waals surface area contributed by atoms with Crippen LogP contribution in [0.3, 0.4) is 0 Å². The lowest BCUT2D eigenvalue weighted by Gasteiger charge is -2.10. The molecular formula is C19H17ClN4O2. The van der Waals surface area contributed by atoms with Crippen LogP contribution in [-0.4, -0.2) is 23.2 Å². The van der Waals surface area contributed by atoms with Crippen LogP contribution in [0, 0.1) is 6.92 Å². The van der Waals surface area contributed by atoms with Gasteiger partial charge in [-0.15, -0.1) is 10.2 Å². The highest BCUT2D eigenvalue weighted by Crippen LogP contribution is 2.24. The number of hydrogen-bond acceptors (Lipinski definition) is 5. The molecule has 2 N–H and O–H groups in total. The van der Waals surface area contributed by atoms with Crippen LogP contribution >= 0.6 is 11.6 Å². The molecule has 26 heavy (non-hydrogen) atoms. The predicted molar refractivity (Wildman–Crippen MR) is 102 cm³/mol. The number of nitrogens with zero attached hydrogens (tertiary/aromatic N) is 2. The number of para-hydroxylation sites is 2. The van der Waals surface area contributed by atoms with E-state index in [1.807, 2.05) is 31.2 Å². The van der Waals surface area contributed by atoms with E-state index in [1.165, 1.54) is 0 Å². The van der Waals surface area contributed by atoms with E-state index in [0.717, 1.165) is 11.3 Å². The average molecular weight is 369 g/mol. The molecule has 0 bridgehead atoms. The van der Waals surface area contributed by atoms with Crippen molar-refractivity contribution in [2.24, 2.45) is 0 Å². The fourth-order valence-electron chi connectivity index (χ4n) is 2.32. The minimum absolute atomic E-state index is 0.198. The topological polar surface area (TPSA) is 76.1 Å². The number of nitrogens with one attached hydrogen (secondary N) is 2. The number of anilines is 3. The van der Waals surface area contributed by atoms with Gasteiger partial charge < -0.3 is 15.4 Å². The lowest BCUT2D eigenvalue weighted by Crippen LogP contribution is -2.15. The number of aryl methyl sites for hydroxylation is 1. The van der Waals surface area contributed by atoms with E-state index in [0.29, 0.717) is 22.3 Å². The molecule has 0 atom stereocenters. The largest absolute Gasteiger partial charge is 0.495 e. The monoisotopic (exact) mass is 368 g/mol. The summed E-state index contributed by atoms with van der Waals surface area (Å²) in [5, 5.41) is 14.6. The summed E-state index contributed by atoms with van der Waals surface area (Å²) in [7, 11) is 1.54. The van der Waals surface area contributed by atoms with Gasteiger partial charge in [-0.05, 0) is 48.9 Å². The number of hydrogen-bond donors (Lipinski definition) is 2. The van der Waals surface area contributed by atoms with Crippen LogP contribution < -0.4 is 15.4 Å². The van der Waals surface area contributed by atoms with Gasteiger partial charge in [-0.1, -0.05) is 29.8 Å². The predicted octanol–water partition coefficient (Wildman–Crippen LogP) is 4.44. The Bertz CT molecular complexity index is 929. The third kappa shape index (κ3) is 4.10. The zero-order chi connectivity index (χ0) is 18.5. The van der Waals surface area contributed by atoms with E-state index < -0.39 is 0 Å². The van der Waals surface area contributed by atoms with Crippen LogP contribution in [0.15, 0.2) is 54.6 Å². The number of ether oxygens (including phenoxy) is 1. The number of amides is 1. The second kappa shape index (κ2) is 7.84. The van der Waals surface area contributed by atoms with E-state index in [4.69, 9.17) is 16.3 Å². The molecule has 3 aromatic rings. The van der Waals surface area contributed by atoms with E-state index >= 15 is 0 Å². The summed E-state index contributed by atoms with van der Waals surface area (Å²) in [6.07, 6.45) is 0. The van der Waals surface area contributed by atoms with Crippen molar-refractivity contribution in [3.63, 3.8) is 0 Å². The van der Waals surface area contributed by atoms with Crippen molar-refractivity contribution in [2.45, 2.75) is 6.92 Å². The van der Waals surface area contributed by atoms with E-state index in [2.05, 4.69) is 20.8 Å². The second-order valence-electron chi connectivity index (χ2n) is 5.54. The molecule has 0 aliphatic heterocycles. The molecule has 1 heterocycles. The molecule has 0 spiro atoms. The Labute approximate surface area is 156 Å². The highest BCUT2D eigenvalue weighted by molar-refractivity contribution is 6.30. The number of rotatable bonds is 5. The molecule has 2 aromatic carbocycles. The van der Waals surface area contributed by atoms with E-state index in [-0.39, 0.29) is 11.6 Å². The third-order valence-corrected chi connectivity index (χ3v) is 3.95. The first-order valence-electron chi connectivity index (χ1n) is 7.88. The molecule has 0 unspecified atom stereocenters. The Morgan fingerprint density at radius 2 is 1.85 bits per heavy atom. The Kier molecular flexibility index (Phi) is 5.34. The summed E-state index contributed by atoms with van der Waals surface area (Å²) in [5.74, 6) is 0.722. The first-order valence-corrected chi connectivity index (χ1v) is 8.26. The van der Waals surface area contributed by atoms with Crippen LogP contribution in [0.5, 0.6) is 5.75 Å². The minimum atomic E-state index is -0.368. The Morgan fingerprint density at radius 1 is 1.04 bits per heavy atom. The number of halogens is 1. The molecule has 0 radical (unpaired) electrons. The van der Waals surface area contributed by atoms with Crippen LogP contribution in [0.25, 0.3) is 0 Å². The van der Waals surface area contributed by atoms with Crippen LogP contribution in [0.2, 0.25) is 5.02 Å². The summed E-state index contributed by atoms with van der Waals surface area (Å²) in [5.41, 5.74) is 2.62. The molecule has 1 amide bonds. The number of carbonyl (C=O) groups is 1. The number of aromatic nitrogens is 2. The second-order valence-corrected chi connectivity index (χ2v) is 5.98. The highest BCUT2D eigenvalue weighted by Gasteiger charge is 2.11. The van der Waals surface area contributed by atoms with Gasteiger partial charge in [-0.25, -0.2) is 0 Å². The fourth-order valence-corrected chi connectivity index (χ4v) is 2.49. The SMILES string of the molecule is COc1ccccc1NC(=O)c1ccc(Nc2cc(Cl)ccc2C)nn1. The molecule has 7 heteroatoms. The third-order valence-electron chi connectivity index (χ3n) is 3.71. The number of methoxy groups -OCH3 is 1. The molecule has 132 valence electrons. The molecular weight excluding hydrogens is 352 g/mol. The maximum atomic E-state index is 12.3. The number of carbonyl (C=O) groups excluding carboxylic acids is 1. The van der Waals surface area contributed by atoms with Crippen LogP contribution in [0.4, 0.5) is 17.2 Å². The highest BCUT2D eigenvalue weighted by atomic mass is 35.5. The van der Waals surface area contributed by atoms with Gasteiger partial charge >= 0.3 is 0 Å². The van der Waals surface area contributed by atoms with Gasteiger partial charge in [-0.2, -0.15) is 0 Å². The van der Waals surface area contributed by atoms with Crippen molar-refractivity contribution >= 4 is 34.7 Å². The van der Waals surface area contributed by atoms with Crippen molar-refractivity contribution in [1.29, 1.82) is 0 Å². The quantitative estimate of drug-likeness (QED) is 0.696. The standard InChI is InChI=1S/C19H17ClN4O2/c1-12-7-8-13(20)11-16(12)21-18-10-9-15(23-24-18)19(25)22-14-5-3-4-6-17(14)26-2/h3-11H,1-2H3,(H,21,24)(H,22,25). The van der Waals surface area contributed by atoms with E-state index in [9.17, 15) is 4.79 Å². The van der Waals surface area contributed by atoms with Crippen molar-refractivity contribution in [3.05, 3.63) is 70.9 Å². The summed E-state index contributed by atoms with van der Waals surface area (Å²) >= 11 is 6.01. The van der Waals surface area contributed by atoms with Gasteiger partial charge in [-0.3, -0.25) is 4.79 Å². The normalized spacial score (nSPS) is 10.3. The maximum Gasteiger partial charge on any atom is 0.276 e. The zero-order valence-electron chi connectivity index (χ0n) is 14.3. The van der Waals surface area contributed by atoms with Crippen LogP contribution in [-0.2, 0) is 0 Å². The molecule has 0 aliphatic rings. The van der Waals surface area contributed by atoms with Gasteiger partial charge in [0.15, 0.2) is 11.5 Å². The summed E-state index contributed by atoms with van der Waals surface area (Å²) in [6, 6.07) is 16.0. The summed E-state index contributed by atoms with van der Waals surface area (Å²) in [4.78, 5) is 12.3. The van der Waals surface area contributed by atoms with Crippen molar-refractivity contribution < 1.29 is 9.53 Å². The van der Waals surface area contributed by atoms with Gasteiger partial charge in [0, 0.05) is 10.7 Å². The van der Waals surface area contributed by atoms with Crippen molar-refractivity contribution in [2.75, 3.05) is 17.7 Å². The van der Waals surface area contributed by atoms with Crippen molar-refractivity contribution in [3.8, 4) is 5.75 Å². The first kappa shape index (κ1) is 17.7. The van der Waals surface area contributed by atoms with Gasteiger partial charge in [0.25, 0.3) is 5.91 Å². The van der Waals surface area contributed by atoms with Crippen LogP contribution in [0.1, 0.15) is 16.1 Å². The maximum absolute atomic E-state index is 12.3. The van der Waals surface area contributed by atoms with Gasteiger partial charge in [0.05, 0.1) is 12.8 Å². The molecule has 0 fully saturated rings.